The number of aryl methyl sites for hydroxylation is 2. The highest BCUT2D eigenvalue weighted by atomic mass is 16.5. The van der Waals surface area contributed by atoms with Crippen LogP contribution in [-0.4, -0.2) is 29.2 Å². The van der Waals surface area contributed by atoms with Gasteiger partial charge in [-0.1, -0.05) is 41.9 Å². The zero-order valence-electron chi connectivity index (χ0n) is 14.3. The van der Waals surface area contributed by atoms with E-state index in [-0.39, 0.29) is 0 Å². The van der Waals surface area contributed by atoms with Gasteiger partial charge in [0, 0.05) is 20.0 Å². The fraction of sp³-hybridized carbons (Fsp3) is 0.471. The van der Waals surface area contributed by atoms with Gasteiger partial charge in [0.1, 0.15) is 6.54 Å². The molecule has 23 heavy (non-hydrogen) atoms. The Morgan fingerprint density at radius 2 is 2.13 bits per heavy atom. The third kappa shape index (κ3) is 5.39. The molecule has 2 aromatic rings. The van der Waals surface area contributed by atoms with Crippen LogP contribution in [-0.2, 0) is 6.54 Å². The number of hydrogen-bond acceptors (Lipinski definition) is 4. The van der Waals surface area contributed by atoms with Crippen molar-refractivity contribution in [2.24, 2.45) is 4.99 Å². The number of nitrogens with one attached hydrogen (secondary N) is 2. The molecule has 2 rings (SSSR count). The van der Waals surface area contributed by atoms with Gasteiger partial charge in [0.05, 0.1) is 0 Å². The van der Waals surface area contributed by atoms with Crippen LogP contribution in [0.2, 0.25) is 0 Å². The zero-order chi connectivity index (χ0) is 16.7. The number of hydrogen-bond donors (Lipinski definition) is 2. The van der Waals surface area contributed by atoms with Crippen molar-refractivity contribution < 1.29 is 4.52 Å². The molecule has 1 heterocycles. The van der Waals surface area contributed by atoms with Gasteiger partial charge in [0.2, 0.25) is 5.89 Å². The minimum absolute atomic E-state index is 0.394. The highest BCUT2D eigenvalue weighted by Crippen LogP contribution is 2.15. The molecule has 0 bridgehead atoms. The Hall–Kier alpha value is -2.37. The minimum Gasteiger partial charge on any atom is -0.357 e. The lowest BCUT2D eigenvalue weighted by atomic mass is 9.99. The molecule has 0 spiro atoms. The Labute approximate surface area is 137 Å². The molecule has 0 saturated heterocycles. The number of aliphatic imine (C=N–C) groups is 1. The third-order valence-corrected chi connectivity index (χ3v) is 3.48. The van der Waals surface area contributed by atoms with E-state index < -0.39 is 0 Å². The second-order valence-electron chi connectivity index (χ2n) is 5.62. The van der Waals surface area contributed by atoms with Gasteiger partial charge in [-0.3, -0.25) is 0 Å². The van der Waals surface area contributed by atoms with E-state index in [1.807, 2.05) is 6.92 Å². The van der Waals surface area contributed by atoms with Gasteiger partial charge in [-0.15, -0.1) is 0 Å². The van der Waals surface area contributed by atoms with E-state index in [0.29, 0.717) is 24.2 Å². The summed E-state index contributed by atoms with van der Waals surface area (Å²) in [4.78, 5) is 8.64. The van der Waals surface area contributed by atoms with Gasteiger partial charge >= 0.3 is 0 Å². The van der Waals surface area contributed by atoms with E-state index in [1.165, 1.54) is 11.1 Å². The summed E-state index contributed by atoms with van der Waals surface area (Å²) in [6.45, 7) is 10.1. The Bertz CT molecular complexity index is 650. The molecular formula is C17H25N5O. The van der Waals surface area contributed by atoms with Crippen molar-refractivity contribution in [2.75, 3.05) is 13.1 Å². The maximum Gasteiger partial charge on any atom is 0.223 e. The van der Waals surface area contributed by atoms with Gasteiger partial charge < -0.3 is 15.2 Å². The number of rotatable bonds is 6. The van der Waals surface area contributed by atoms with Crippen molar-refractivity contribution in [1.82, 2.24) is 20.8 Å². The molecule has 1 aromatic heterocycles. The highest BCUT2D eigenvalue weighted by molar-refractivity contribution is 5.79. The monoisotopic (exact) mass is 315 g/mol. The van der Waals surface area contributed by atoms with Crippen LogP contribution in [0.4, 0.5) is 0 Å². The molecular weight excluding hydrogens is 290 g/mol. The number of guanidine groups is 1. The fourth-order valence-corrected chi connectivity index (χ4v) is 2.24. The molecule has 6 heteroatoms. The molecule has 0 aliphatic heterocycles. The predicted octanol–water partition coefficient (Wildman–Crippen LogP) is 2.55. The van der Waals surface area contributed by atoms with E-state index in [1.54, 1.807) is 6.92 Å². The summed E-state index contributed by atoms with van der Waals surface area (Å²) in [6.07, 6.45) is 0. The molecule has 0 amide bonds. The second kappa shape index (κ2) is 8.31. The van der Waals surface area contributed by atoms with Crippen molar-refractivity contribution in [3.63, 3.8) is 0 Å². The summed E-state index contributed by atoms with van der Waals surface area (Å²) in [5, 5.41) is 10.5. The first-order valence-electron chi connectivity index (χ1n) is 7.96. The Kier molecular flexibility index (Phi) is 6.14. The first kappa shape index (κ1) is 17.0. The average Bonchev–Trinajstić information content (AvgIpc) is 2.95. The molecule has 1 atom stereocenters. The largest absolute Gasteiger partial charge is 0.357 e. The van der Waals surface area contributed by atoms with Crippen LogP contribution in [0.5, 0.6) is 0 Å². The normalized spacial score (nSPS) is 13.0. The third-order valence-electron chi connectivity index (χ3n) is 3.48. The maximum absolute atomic E-state index is 4.95. The van der Waals surface area contributed by atoms with Crippen LogP contribution in [0.1, 0.15) is 42.6 Å². The molecule has 0 aliphatic carbocycles. The van der Waals surface area contributed by atoms with E-state index in [0.717, 1.165) is 19.0 Å². The van der Waals surface area contributed by atoms with Crippen LogP contribution in [0, 0.1) is 13.8 Å². The second-order valence-corrected chi connectivity index (χ2v) is 5.62. The fourth-order valence-electron chi connectivity index (χ4n) is 2.24. The van der Waals surface area contributed by atoms with Crippen LogP contribution < -0.4 is 10.6 Å². The van der Waals surface area contributed by atoms with Crippen LogP contribution in [0.15, 0.2) is 33.8 Å². The smallest absolute Gasteiger partial charge is 0.223 e. The summed E-state index contributed by atoms with van der Waals surface area (Å²) < 4.78 is 4.95. The summed E-state index contributed by atoms with van der Waals surface area (Å²) in [5.74, 6) is 2.30. The van der Waals surface area contributed by atoms with E-state index in [9.17, 15) is 0 Å². The molecule has 0 saturated carbocycles. The summed E-state index contributed by atoms with van der Waals surface area (Å²) >= 11 is 0. The van der Waals surface area contributed by atoms with Gasteiger partial charge in [0.25, 0.3) is 0 Å². The quantitative estimate of drug-likeness (QED) is 0.633. The van der Waals surface area contributed by atoms with E-state index in [4.69, 9.17) is 4.52 Å². The van der Waals surface area contributed by atoms with Crippen molar-refractivity contribution in [1.29, 1.82) is 0 Å². The van der Waals surface area contributed by atoms with Gasteiger partial charge in [-0.25, -0.2) is 4.99 Å². The van der Waals surface area contributed by atoms with E-state index in [2.05, 4.69) is 63.9 Å². The Balaban J connectivity index is 1.93. The standard InChI is InChI=1S/C17H25N5O/c1-5-18-17(20-11-16-21-14(4)23-22-16)19-10-13(3)15-8-6-7-12(2)9-15/h6-9,13H,5,10-11H2,1-4H3,(H2,18,19,20). The lowest BCUT2D eigenvalue weighted by molar-refractivity contribution is 0.387. The van der Waals surface area contributed by atoms with Gasteiger partial charge in [-0.05, 0) is 25.3 Å². The first-order chi connectivity index (χ1) is 11.1. The molecule has 124 valence electrons. The topological polar surface area (TPSA) is 75.3 Å². The Morgan fingerprint density at radius 3 is 2.78 bits per heavy atom. The lowest BCUT2D eigenvalue weighted by Gasteiger charge is -2.16. The van der Waals surface area contributed by atoms with Crippen molar-refractivity contribution in [3.8, 4) is 0 Å². The van der Waals surface area contributed by atoms with Gasteiger partial charge in [-0.2, -0.15) is 4.98 Å². The molecule has 0 fully saturated rings. The van der Waals surface area contributed by atoms with Crippen LogP contribution >= 0.6 is 0 Å². The van der Waals surface area contributed by atoms with Crippen LogP contribution in [0.25, 0.3) is 0 Å². The molecule has 2 N–H and O–H groups in total. The molecule has 1 unspecified atom stereocenters. The van der Waals surface area contributed by atoms with E-state index >= 15 is 0 Å². The number of benzene rings is 1. The summed E-state index contributed by atoms with van der Waals surface area (Å²) in [6, 6.07) is 8.59. The number of nitrogens with zero attached hydrogens (tertiary/aromatic N) is 3. The number of aromatic nitrogens is 2. The maximum atomic E-state index is 4.95. The van der Waals surface area contributed by atoms with Crippen molar-refractivity contribution in [3.05, 3.63) is 47.1 Å². The Morgan fingerprint density at radius 1 is 1.30 bits per heavy atom. The molecule has 0 radical (unpaired) electrons. The van der Waals surface area contributed by atoms with Crippen molar-refractivity contribution >= 4 is 5.96 Å². The SMILES string of the molecule is CCNC(=NCc1noc(C)n1)NCC(C)c1cccc(C)c1. The summed E-state index contributed by atoms with van der Waals surface area (Å²) in [5.41, 5.74) is 2.60. The lowest BCUT2D eigenvalue weighted by Crippen LogP contribution is -2.39. The highest BCUT2D eigenvalue weighted by Gasteiger charge is 2.07. The van der Waals surface area contributed by atoms with Crippen molar-refractivity contribution in [2.45, 2.75) is 40.2 Å². The van der Waals surface area contributed by atoms with Gasteiger partial charge in [0.15, 0.2) is 11.8 Å². The first-order valence-corrected chi connectivity index (χ1v) is 7.96. The zero-order valence-corrected chi connectivity index (χ0v) is 14.3. The average molecular weight is 315 g/mol. The predicted molar refractivity (Wildman–Crippen MR) is 91.4 cm³/mol. The molecule has 6 nitrogen and oxygen atoms in total. The molecule has 0 aliphatic rings. The minimum atomic E-state index is 0.394. The molecule has 1 aromatic carbocycles. The van der Waals surface area contributed by atoms with Crippen LogP contribution in [0.3, 0.4) is 0 Å². The summed E-state index contributed by atoms with van der Waals surface area (Å²) in [7, 11) is 0.